The standard InChI is InChI=1S/C16H18N2O3/c1-20-16-8-7-14(10-18-16)9-17-15(19)12-21-11-13-5-3-2-4-6-13/h2-8,10H,9,11-12H2,1H3,(H,17,19). The summed E-state index contributed by atoms with van der Waals surface area (Å²) in [5.41, 5.74) is 1.96. The van der Waals surface area contributed by atoms with Crippen molar-refractivity contribution >= 4 is 5.91 Å². The van der Waals surface area contributed by atoms with Gasteiger partial charge in [0.15, 0.2) is 0 Å². The fraction of sp³-hybridized carbons (Fsp3) is 0.250. The highest BCUT2D eigenvalue weighted by atomic mass is 16.5. The number of ether oxygens (including phenoxy) is 2. The lowest BCUT2D eigenvalue weighted by molar-refractivity contribution is -0.126. The number of methoxy groups -OCH3 is 1. The summed E-state index contributed by atoms with van der Waals surface area (Å²) in [5.74, 6) is 0.401. The summed E-state index contributed by atoms with van der Waals surface area (Å²) in [7, 11) is 1.56. The lowest BCUT2D eigenvalue weighted by Gasteiger charge is -2.07. The van der Waals surface area contributed by atoms with Crippen LogP contribution in [0.25, 0.3) is 0 Å². The maximum Gasteiger partial charge on any atom is 0.246 e. The third-order valence-electron chi connectivity index (χ3n) is 2.84. The Bertz CT molecular complexity index is 555. The average Bonchev–Trinajstić information content (AvgIpc) is 2.54. The molecule has 1 amide bonds. The highest BCUT2D eigenvalue weighted by molar-refractivity contribution is 5.77. The Hall–Kier alpha value is -2.40. The van der Waals surface area contributed by atoms with Gasteiger partial charge in [-0.3, -0.25) is 4.79 Å². The van der Waals surface area contributed by atoms with E-state index in [9.17, 15) is 4.79 Å². The predicted molar refractivity (Wildman–Crippen MR) is 78.7 cm³/mol. The first-order valence-corrected chi connectivity index (χ1v) is 6.65. The Morgan fingerprint density at radius 1 is 1.14 bits per heavy atom. The van der Waals surface area contributed by atoms with Crippen LogP contribution in [-0.2, 0) is 22.7 Å². The minimum Gasteiger partial charge on any atom is -0.481 e. The first-order valence-electron chi connectivity index (χ1n) is 6.65. The molecule has 1 heterocycles. The van der Waals surface area contributed by atoms with Crippen LogP contribution in [0.4, 0.5) is 0 Å². The Labute approximate surface area is 123 Å². The van der Waals surface area contributed by atoms with Crippen molar-refractivity contribution in [3.05, 3.63) is 59.8 Å². The summed E-state index contributed by atoms with van der Waals surface area (Å²) < 4.78 is 10.3. The van der Waals surface area contributed by atoms with Gasteiger partial charge in [0.05, 0.1) is 13.7 Å². The monoisotopic (exact) mass is 286 g/mol. The van der Waals surface area contributed by atoms with Gasteiger partial charge < -0.3 is 14.8 Å². The molecule has 0 saturated heterocycles. The zero-order valence-corrected chi connectivity index (χ0v) is 11.9. The second-order valence-electron chi connectivity index (χ2n) is 4.46. The maximum atomic E-state index is 11.6. The van der Waals surface area contributed by atoms with Gasteiger partial charge >= 0.3 is 0 Å². The SMILES string of the molecule is COc1ccc(CNC(=O)COCc2ccccc2)cn1. The number of hydrogen-bond donors (Lipinski definition) is 1. The van der Waals surface area contributed by atoms with Crippen LogP contribution >= 0.6 is 0 Å². The van der Waals surface area contributed by atoms with E-state index in [0.717, 1.165) is 11.1 Å². The zero-order chi connectivity index (χ0) is 14.9. The summed E-state index contributed by atoms with van der Waals surface area (Å²) in [6.45, 7) is 0.890. The van der Waals surface area contributed by atoms with Gasteiger partial charge in [0.1, 0.15) is 6.61 Å². The van der Waals surface area contributed by atoms with Crippen molar-refractivity contribution in [1.29, 1.82) is 0 Å². The molecule has 1 aromatic carbocycles. The van der Waals surface area contributed by atoms with Crippen LogP contribution in [0.3, 0.4) is 0 Å². The molecule has 1 N–H and O–H groups in total. The van der Waals surface area contributed by atoms with E-state index in [1.165, 1.54) is 0 Å². The third kappa shape index (κ3) is 5.24. The number of pyridine rings is 1. The van der Waals surface area contributed by atoms with E-state index in [2.05, 4.69) is 10.3 Å². The first kappa shape index (κ1) is 15.0. The molecule has 0 fully saturated rings. The van der Waals surface area contributed by atoms with Crippen LogP contribution in [0.1, 0.15) is 11.1 Å². The average molecular weight is 286 g/mol. The number of rotatable bonds is 7. The van der Waals surface area contributed by atoms with Crippen LogP contribution in [0.2, 0.25) is 0 Å². The van der Waals surface area contributed by atoms with Crippen LogP contribution in [-0.4, -0.2) is 24.6 Å². The summed E-state index contributed by atoms with van der Waals surface area (Å²) in [4.78, 5) is 15.7. The number of carbonyl (C=O) groups is 1. The van der Waals surface area contributed by atoms with Gasteiger partial charge in [-0.25, -0.2) is 4.98 Å². The van der Waals surface area contributed by atoms with Gasteiger partial charge in [0.2, 0.25) is 11.8 Å². The van der Waals surface area contributed by atoms with Crippen LogP contribution in [0.15, 0.2) is 48.7 Å². The lowest BCUT2D eigenvalue weighted by atomic mass is 10.2. The van der Waals surface area contributed by atoms with Crippen molar-refractivity contribution in [3.63, 3.8) is 0 Å². The topological polar surface area (TPSA) is 60.5 Å². The molecule has 0 saturated carbocycles. The number of aromatic nitrogens is 1. The van der Waals surface area contributed by atoms with Crippen molar-refractivity contribution in [2.75, 3.05) is 13.7 Å². The first-order chi connectivity index (χ1) is 10.3. The van der Waals surface area contributed by atoms with E-state index in [1.807, 2.05) is 36.4 Å². The smallest absolute Gasteiger partial charge is 0.246 e. The van der Waals surface area contributed by atoms with Gasteiger partial charge in [-0.15, -0.1) is 0 Å². The number of carbonyl (C=O) groups excluding carboxylic acids is 1. The number of benzene rings is 1. The molecule has 110 valence electrons. The minimum atomic E-state index is -0.151. The Morgan fingerprint density at radius 2 is 1.95 bits per heavy atom. The number of nitrogens with zero attached hydrogens (tertiary/aromatic N) is 1. The van der Waals surface area contributed by atoms with Crippen molar-refractivity contribution in [2.24, 2.45) is 0 Å². The van der Waals surface area contributed by atoms with E-state index in [0.29, 0.717) is 19.0 Å². The molecule has 0 aliphatic carbocycles. The Balaban J connectivity index is 1.67. The van der Waals surface area contributed by atoms with E-state index < -0.39 is 0 Å². The molecule has 0 aliphatic heterocycles. The van der Waals surface area contributed by atoms with Crippen molar-refractivity contribution in [2.45, 2.75) is 13.2 Å². The largest absolute Gasteiger partial charge is 0.481 e. The minimum absolute atomic E-state index is 0.0402. The fourth-order valence-electron chi connectivity index (χ4n) is 1.72. The van der Waals surface area contributed by atoms with Crippen molar-refractivity contribution in [1.82, 2.24) is 10.3 Å². The molecule has 2 rings (SSSR count). The molecular weight excluding hydrogens is 268 g/mol. The van der Waals surface area contributed by atoms with Crippen LogP contribution < -0.4 is 10.1 Å². The summed E-state index contributed by atoms with van der Waals surface area (Å²) >= 11 is 0. The fourth-order valence-corrected chi connectivity index (χ4v) is 1.72. The normalized spacial score (nSPS) is 10.1. The van der Waals surface area contributed by atoms with Gasteiger partial charge in [0.25, 0.3) is 0 Å². The molecule has 0 unspecified atom stereocenters. The quantitative estimate of drug-likeness (QED) is 0.845. The third-order valence-corrected chi connectivity index (χ3v) is 2.84. The molecule has 0 radical (unpaired) electrons. The van der Waals surface area contributed by atoms with Gasteiger partial charge in [-0.2, -0.15) is 0 Å². The zero-order valence-electron chi connectivity index (χ0n) is 11.9. The highest BCUT2D eigenvalue weighted by Crippen LogP contribution is 2.06. The molecule has 5 nitrogen and oxygen atoms in total. The lowest BCUT2D eigenvalue weighted by Crippen LogP contribution is -2.27. The molecule has 21 heavy (non-hydrogen) atoms. The van der Waals surface area contributed by atoms with Gasteiger partial charge in [-0.1, -0.05) is 36.4 Å². The molecule has 0 aliphatic rings. The van der Waals surface area contributed by atoms with E-state index in [4.69, 9.17) is 9.47 Å². The summed E-state index contributed by atoms with van der Waals surface area (Å²) in [6.07, 6.45) is 1.67. The van der Waals surface area contributed by atoms with E-state index in [1.54, 1.807) is 19.4 Å². The number of nitrogens with one attached hydrogen (secondary N) is 1. The highest BCUT2D eigenvalue weighted by Gasteiger charge is 2.02. The summed E-state index contributed by atoms with van der Waals surface area (Å²) in [6, 6.07) is 13.4. The summed E-state index contributed by atoms with van der Waals surface area (Å²) in [5, 5.41) is 2.78. The Morgan fingerprint density at radius 3 is 2.62 bits per heavy atom. The van der Waals surface area contributed by atoms with Gasteiger partial charge in [-0.05, 0) is 11.1 Å². The molecule has 0 spiro atoms. The second kappa shape index (κ2) is 8.01. The molecule has 0 bridgehead atoms. The molecule has 2 aromatic rings. The van der Waals surface area contributed by atoms with Crippen LogP contribution in [0.5, 0.6) is 5.88 Å². The number of hydrogen-bond acceptors (Lipinski definition) is 4. The number of amides is 1. The van der Waals surface area contributed by atoms with Crippen molar-refractivity contribution < 1.29 is 14.3 Å². The second-order valence-corrected chi connectivity index (χ2v) is 4.46. The molecule has 1 aromatic heterocycles. The molecule has 0 atom stereocenters. The molecule has 5 heteroatoms. The van der Waals surface area contributed by atoms with E-state index in [-0.39, 0.29) is 12.5 Å². The molecular formula is C16H18N2O3. The van der Waals surface area contributed by atoms with Crippen LogP contribution in [0, 0.1) is 0 Å². The van der Waals surface area contributed by atoms with Gasteiger partial charge in [0, 0.05) is 18.8 Å². The van der Waals surface area contributed by atoms with Crippen molar-refractivity contribution in [3.8, 4) is 5.88 Å². The predicted octanol–water partition coefficient (Wildman–Crippen LogP) is 1.92. The Kier molecular flexibility index (Phi) is 5.72. The van der Waals surface area contributed by atoms with E-state index >= 15 is 0 Å². The maximum absolute atomic E-state index is 11.6.